The van der Waals surface area contributed by atoms with Crippen molar-refractivity contribution in [3.8, 4) is 22.6 Å². The van der Waals surface area contributed by atoms with Crippen LogP contribution in [0.4, 0.5) is 8.78 Å². The molecule has 2 heterocycles. The summed E-state index contributed by atoms with van der Waals surface area (Å²) in [7, 11) is 1.56. The first-order valence-corrected chi connectivity index (χ1v) is 8.53. The molecule has 2 aromatic heterocycles. The number of hydrogen-bond donors (Lipinski definition) is 2. The number of aromatic amines is 1. The number of carboxylic acid groups (broad SMARTS) is 1. The van der Waals surface area contributed by atoms with Gasteiger partial charge in [-0.1, -0.05) is 12.1 Å². The average Bonchev–Trinajstić information content (AvgIpc) is 3.17. The Morgan fingerprint density at radius 3 is 2.66 bits per heavy atom. The number of fused-ring (bicyclic) bond motifs is 1. The van der Waals surface area contributed by atoms with Crippen molar-refractivity contribution in [2.75, 3.05) is 0 Å². The lowest BCUT2D eigenvalue weighted by Crippen LogP contribution is -2.16. The Balaban J connectivity index is 1.99. The van der Waals surface area contributed by atoms with Gasteiger partial charge >= 0.3 is 5.97 Å². The lowest BCUT2D eigenvalue weighted by molar-refractivity contribution is 0.0694. The van der Waals surface area contributed by atoms with Gasteiger partial charge in [-0.05, 0) is 24.3 Å². The van der Waals surface area contributed by atoms with Gasteiger partial charge in [0, 0.05) is 42.0 Å². The van der Waals surface area contributed by atoms with Gasteiger partial charge < -0.3 is 19.4 Å². The van der Waals surface area contributed by atoms with E-state index in [4.69, 9.17) is 4.74 Å². The summed E-state index contributed by atoms with van der Waals surface area (Å²) in [6.45, 7) is 0. The van der Waals surface area contributed by atoms with Crippen LogP contribution in [0.25, 0.3) is 22.0 Å². The molecule has 4 rings (SSSR count). The number of aromatic carboxylic acids is 1. The zero-order chi connectivity index (χ0) is 20.7. The van der Waals surface area contributed by atoms with Gasteiger partial charge in [0.15, 0.2) is 11.6 Å². The monoisotopic (exact) mass is 396 g/mol. The molecule has 4 aromatic rings. The number of nitrogens with one attached hydrogen (secondary N) is 1. The highest BCUT2D eigenvalue weighted by Crippen LogP contribution is 2.39. The predicted octanol–water partition coefficient (Wildman–Crippen LogP) is 4.30. The van der Waals surface area contributed by atoms with E-state index >= 15 is 0 Å². The molecular formula is C21H14F2N2O4. The molecule has 8 heteroatoms. The van der Waals surface area contributed by atoms with E-state index in [0.29, 0.717) is 28.1 Å². The molecule has 0 spiro atoms. The fraction of sp³-hybridized carbons (Fsp3) is 0.0476. The van der Waals surface area contributed by atoms with Gasteiger partial charge in [-0.3, -0.25) is 4.79 Å². The van der Waals surface area contributed by atoms with Crippen LogP contribution in [0.3, 0.4) is 0 Å². The highest BCUT2D eigenvalue weighted by molar-refractivity contribution is 6.00. The smallest absolute Gasteiger partial charge is 0.339 e. The van der Waals surface area contributed by atoms with Crippen LogP contribution < -0.4 is 10.3 Å². The number of carbonyl (C=O) groups is 1. The minimum atomic E-state index is -1.28. The molecule has 6 nitrogen and oxygen atoms in total. The van der Waals surface area contributed by atoms with Crippen molar-refractivity contribution in [3.63, 3.8) is 0 Å². The van der Waals surface area contributed by atoms with Gasteiger partial charge in [-0.25, -0.2) is 13.6 Å². The van der Waals surface area contributed by atoms with Crippen molar-refractivity contribution in [2.24, 2.45) is 7.05 Å². The standard InChI is InChI=1S/C21H14F2N2O4/c1-25-10-15(12-7-8-24-18(12)20(25)26)13-3-2-4-14(21(27)28)19(13)29-17-6-5-11(22)9-16(17)23/h2-10,24H,1H3,(H,27,28). The highest BCUT2D eigenvalue weighted by Gasteiger charge is 2.21. The number of pyridine rings is 1. The van der Waals surface area contributed by atoms with E-state index in [1.54, 1.807) is 31.6 Å². The number of nitrogens with zero attached hydrogens (tertiary/aromatic N) is 1. The summed E-state index contributed by atoms with van der Waals surface area (Å²) in [5.74, 6) is -3.47. The summed E-state index contributed by atoms with van der Waals surface area (Å²) in [4.78, 5) is 27.0. The van der Waals surface area contributed by atoms with Crippen LogP contribution in [0.5, 0.6) is 11.5 Å². The fourth-order valence-electron chi connectivity index (χ4n) is 3.18. The molecule has 0 unspecified atom stereocenters. The second-order valence-electron chi connectivity index (χ2n) is 6.39. The molecule has 0 atom stereocenters. The normalized spacial score (nSPS) is 11.0. The Morgan fingerprint density at radius 1 is 1.14 bits per heavy atom. The Kier molecular flexibility index (Phi) is 4.38. The molecule has 0 aliphatic rings. The Morgan fingerprint density at radius 2 is 1.93 bits per heavy atom. The van der Waals surface area contributed by atoms with E-state index in [-0.39, 0.29) is 22.6 Å². The van der Waals surface area contributed by atoms with E-state index in [1.165, 1.54) is 16.7 Å². The van der Waals surface area contributed by atoms with Crippen molar-refractivity contribution < 1.29 is 23.4 Å². The van der Waals surface area contributed by atoms with E-state index in [2.05, 4.69) is 4.98 Å². The number of halogens is 2. The molecule has 0 radical (unpaired) electrons. The van der Waals surface area contributed by atoms with E-state index in [0.717, 1.165) is 12.1 Å². The van der Waals surface area contributed by atoms with Gasteiger partial charge in [0.05, 0.1) is 0 Å². The lowest BCUT2D eigenvalue weighted by Gasteiger charge is -2.16. The first kappa shape index (κ1) is 18.4. The molecule has 0 saturated carbocycles. The number of aromatic nitrogens is 2. The maximum Gasteiger partial charge on any atom is 0.339 e. The fourth-order valence-corrected chi connectivity index (χ4v) is 3.18. The van der Waals surface area contributed by atoms with Crippen LogP contribution in [0.1, 0.15) is 10.4 Å². The number of ether oxygens (including phenoxy) is 1. The quantitative estimate of drug-likeness (QED) is 0.539. The van der Waals surface area contributed by atoms with Crippen LogP contribution in [0, 0.1) is 11.6 Å². The number of rotatable bonds is 4. The minimum absolute atomic E-state index is 0.119. The summed E-state index contributed by atoms with van der Waals surface area (Å²) in [6, 6.07) is 8.87. The third kappa shape index (κ3) is 3.14. The minimum Gasteiger partial charge on any atom is -0.478 e. The Bertz CT molecular complexity index is 1320. The third-order valence-corrected chi connectivity index (χ3v) is 4.54. The number of para-hydroxylation sites is 1. The van der Waals surface area contributed by atoms with Crippen LogP contribution >= 0.6 is 0 Å². The van der Waals surface area contributed by atoms with Crippen molar-refractivity contribution in [1.29, 1.82) is 0 Å². The molecule has 2 aromatic carbocycles. The predicted molar refractivity (Wildman–Crippen MR) is 102 cm³/mol. The first-order valence-electron chi connectivity index (χ1n) is 8.53. The van der Waals surface area contributed by atoms with Crippen LogP contribution in [0.15, 0.2) is 59.7 Å². The molecule has 0 fully saturated rings. The zero-order valence-corrected chi connectivity index (χ0v) is 15.1. The Labute approximate surface area is 162 Å². The average molecular weight is 396 g/mol. The van der Waals surface area contributed by atoms with Gasteiger partial charge in [-0.15, -0.1) is 0 Å². The highest BCUT2D eigenvalue weighted by atomic mass is 19.1. The molecule has 29 heavy (non-hydrogen) atoms. The summed E-state index contributed by atoms with van der Waals surface area (Å²) >= 11 is 0. The molecule has 0 amide bonds. The summed E-state index contributed by atoms with van der Waals surface area (Å²) in [5.41, 5.74) is 0.737. The maximum absolute atomic E-state index is 14.2. The Hall–Kier alpha value is -3.94. The summed E-state index contributed by atoms with van der Waals surface area (Å²) in [6.07, 6.45) is 3.14. The third-order valence-electron chi connectivity index (χ3n) is 4.54. The van der Waals surface area contributed by atoms with Gasteiger partial charge in [-0.2, -0.15) is 0 Å². The second kappa shape index (κ2) is 6.90. The van der Waals surface area contributed by atoms with Crippen molar-refractivity contribution >= 4 is 16.9 Å². The molecule has 0 aliphatic heterocycles. The number of H-pyrrole nitrogens is 1. The molecule has 0 saturated heterocycles. The van der Waals surface area contributed by atoms with Gasteiger partial charge in [0.2, 0.25) is 0 Å². The summed E-state index contributed by atoms with van der Waals surface area (Å²) < 4.78 is 34.4. The number of benzene rings is 2. The molecule has 146 valence electrons. The lowest BCUT2D eigenvalue weighted by atomic mass is 10.00. The number of aryl methyl sites for hydroxylation is 1. The molecule has 0 aliphatic carbocycles. The van der Waals surface area contributed by atoms with E-state index < -0.39 is 17.6 Å². The van der Waals surface area contributed by atoms with E-state index in [1.807, 2.05) is 0 Å². The van der Waals surface area contributed by atoms with E-state index in [9.17, 15) is 23.5 Å². The number of hydrogen-bond acceptors (Lipinski definition) is 3. The molecule has 2 N–H and O–H groups in total. The van der Waals surface area contributed by atoms with Gasteiger partial charge in [0.1, 0.15) is 22.6 Å². The zero-order valence-electron chi connectivity index (χ0n) is 15.1. The SMILES string of the molecule is Cn1cc(-c2cccc(C(=O)O)c2Oc2ccc(F)cc2F)c2cc[nH]c2c1=O. The second-order valence-corrected chi connectivity index (χ2v) is 6.39. The van der Waals surface area contributed by atoms with Gasteiger partial charge in [0.25, 0.3) is 5.56 Å². The molecular weight excluding hydrogens is 382 g/mol. The van der Waals surface area contributed by atoms with Crippen molar-refractivity contribution in [3.05, 3.63) is 82.4 Å². The van der Waals surface area contributed by atoms with Crippen LogP contribution in [-0.2, 0) is 7.05 Å². The largest absolute Gasteiger partial charge is 0.478 e. The first-order chi connectivity index (χ1) is 13.9. The summed E-state index contributed by atoms with van der Waals surface area (Å²) in [5, 5.41) is 10.2. The molecule has 0 bridgehead atoms. The number of carboxylic acids is 1. The van der Waals surface area contributed by atoms with Crippen molar-refractivity contribution in [1.82, 2.24) is 9.55 Å². The topological polar surface area (TPSA) is 84.3 Å². The van der Waals surface area contributed by atoms with Crippen LogP contribution in [0.2, 0.25) is 0 Å². The van der Waals surface area contributed by atoms with Crippen LogP contribution in [-0.4, -0.2) is 20.6 Å². The van der Waals surface area contributed by atoms with Crippen molar-refractivity contribution in [2.45, 2.75) is 0 Å². The maximum atomic E-state index is 14.2.